The predicted octanol–water partition coefficient (Wildman–Crippen LogP) is 4.43. The van der Waals surface area contributed by atoms with Gasteiger partial charge in [0, 0.05) is 22.0 Å². The highest BCUT2D eigenvalue weighted by molar-refractivity contribution is 9.10. The van der Waals surface area contributed by atoms with Gasteiger partial charge >= 0.3 is 0 Å². The highest BCUT2D eigenvalue weighted by Gasteiger charge is 2.35. The van der Waals surface area contributed by atoms with Gasteiger partial charge in [0.1, 0.15) is 0 Å². The summed E-state index contributed by atoms with van der Waals surface area (Å²) in [6.45, 7) is 7.70. The van der Waals surface area contributed by atoms with Crippen LogP contribution in [-0.2, 0) is 5.41 Å². The van der Waals surface area contributed by atoms with Crippen molar-refractivity contribution in [3.05, 3.63) is 46.5 Å². The molecule has 1 aliphatic carbocycles. The second-order valence-corrected chi connectivity index (χ2v) is 7.10. The van der Waals surface area contributed by atoms with Crippen LogP contribution < -0.4 is 5.32 Å². The maximum Gasteiger partial charge on any atom is 0.0213 e. The Bertz CT molecular complexity index is 435. The first kappa shape index (κ1) is 13.8. The molecule has 1 N–H and O–H groups in total. The molecule has 1 nitrogen and oxygen atoms in total. The van der Waals surface area contributed by atoms with Gasteiger partial charge < -0.3 is 5.32 Å². The van der Waals surface area contributed by atoms with Crippen molar-refractivity contribution in [3.8, 4) is 0 Å². The summed E-state index contributed by atoms with van der Waals surface area (Å²) in [7, 11) is 0. The normalized spacial score (nSPS) is 18.2. The average Bonchev–Trinajstić information content (AvgIpc) is 2.76. The smallest absolute Gasteiger partial charge is 0.0213 e. The quantitative estimate of drug-likeness (QED) is 0.815. The van der Waals surface area contributed by atoms with E-state index in [1.807, 2.05) is 0 Å². The third kappa shape index (κ3) is 3.04. The van der Waals surface area contributed by atoms with E-state index in [0.717, 1.165) is 19.4 Å². The standard InChI is InChI=1S/C16H22BrN/c1-15(2,3)18-12-16(10-6-7-11-16)13-8-4-5-9-14(13)17/h4-9,18H,10-12H2,1-3H3. The van der Waals surface area contributed by atoms with E-state index in [4.69, 9.17) is 0 Å². The van der Waals surface area contributed by atoms with Crippen LogP contribution in [0.4, 0.5) is 0 Å². The topological polar surface area (TPSA) is 12.0 Å². The highest BCUT2D eigenvalue weighted by atomic mass is 79.9. The third-order valence-corrected chi connectivity index (χ3v) is 4.28. The molecule has 0 fully saturated rings. The van der Waals surface area contributed by atoms with Crippen LogP contribution in [-0.4, -0.2) is 12.1 Å². The second-order valence-electron chi connectivity index (χ2n) is 6.24. The first-order valence-corrected chi connectivity index (χ1v) is 7.37. The Hall–Kier alpha value is -0.600. The van der Waals surface area contributed by atoms with E-state index >= 15 is 0 Å². The molecule has 98 valence electrons. The maximum atomic E-state index is 3.71. The van der Waals surface area contributed by atoms with Crippen molar-refractivity contribution in [3.63, 3.8) is 0 Å². The fourth-order valence-electron chi connectivity index (χ4n) is 2.49. The Labute approximate surface area is 119 Å². The van der Waals surface area contributed by atoms with E-state index in [-0.39, 0.29) is 11.0 Å². The van der Waals surface area contributed by atoms with Crippen molar-refractivity contribution < 1.29 is 0 Å². The monoisotopic (exact) mass is 307 g/mol. The molecule has 1 aliphatic rings. The van der Waals surface area contributed by atoms with Crippen LogP contribution in [0.5, 0.6) is 0 Å². The minimum absolute atomic E-state index is 0.164. The molecule has 18 heavy (non-hydrogen) atoms. The van der Waals surface area contributed by atoms with E-state index in [1.54, 1.807) is 0 Å². The molecule has 0 unspecified atom stereocenters. The summed E-state index contributed by atoms with van der Waals surface area (Å²) in [5.41, 5.74) is 1.80. The minimum atomic E-state index is 0.164. The summed E-state index contributed by atoms with van der Waals surface area (Å²) >= 11 is 3.71. The molecule has 0 heterocycles. The molecule has 0 saturated heterocycles. The lowest BCUT2D eigenvalue weighted by Gasteiger charge is -2.34. The van der Waals surface area contributed by atoms with E-state index < -0.39 is 0 Å². The summed E-state index contributed by atoms with van der Waals surface area (Å²) in [6, 6.07) is 8.62. The molecule has 0 bridgehead atoms. The fourth-order valence-corrected chi connectivity index (χ4v) is 3.19. The van der Waals surface area contributed by atoms with Gasteiger partial charge in [-0.15, -0.1) is 0 Å². The Kier molecular flexibility index (Phi) is 3.98. The van der Waals surface area contributed by atoms with E-state index in [0.29, 0.717) is 0 Å². The van der Waals surface area contributed by atoms with Crippen molar-refractivity contribution in [1.29, 1.82) is 0 Å². The molecule has 1 aromatic rings. The number of allylic oxidation sites excluding steroid dienone is 2. The Morgan fingerprint density at radius 2 is 1.78 bits per heavy atom. The van der Waals surface area contributed by atoms with Crippen LogP contribution in [0.3, 0.4) is 0 Å². The Morgan fingerprint density at radius 1 is 1.17 bits per heavy atom. The van der Waals surface area contributed by atoms with Crippen LogP contribution in [0.25, 0.3) is 0 Å². The zero-order chi connectivity index (χ0) is 13.2. The van der Waals surface area contributed by atoms with Gasteiger partial charge in [0.05, 0.1) is 0 Å². The number of rotatable bonds is 3. The number of nitrogens with one attached hydrogen (secondary N) is 1. The molecule has 0 amide bonds. The van der Waals surface area contributed by atoms with Gasteiger partial charge in [-0.05, 0) is 45.2 Å². The van der Waals surface area contributed by atoms with Gasteiger partial charge in [-0.2, -0.15) is 0 Å². The van der Waals surface area contributed by atoms with Crippen LogP contribution in [0.1, 0.15) is 39.2 Å². The van der Waals surface area contributed by atoms with E-state index in [2.05, 4.69) is 78.4 Å². The molecular formula is C16H22BrN. The SMILES string of the molecule is CC(C)(C)NCC1(c2ccccc2Br)CC=CC1. The van der Waals surface area contributed by atoms with Crippen molar-refractivity contribution in [2.75, 3.05) is 6.54 Å². The molecule has 0 radical (unpaired) electrons. The molecular weight excluding hydrogens is 286 g/mol. The largest absolute Gasteiger partial charge is 0.311 e. The molecule has 0 aromatic heterocycles. The first-order valence-electron chi connectivity index (χ1n) is 6.58. The first-order chi connectivity index (χ1) is 8.43. The molecule has 0 aliphatic heterocycles. The number of benzene rings is 1. The summed E-state index contributed by atoms with van der Waals surface area (Å²) in [4.78, 5) is 0. The number of hydrogen-bond acceptors (Lipinski definition) is 1. The molecule has 0 saturated carbocycles. The summed E-state index contributed by atoms with van der Waals surface area (Å²) < 4.78 is 1.23. The lowest BCUT2D eigenvalue weighted by atomic mass is 9.77. The maximum absolute atomic E-state index is 3.71. The van der Waals surface area contributed by atoms with Crippen molar-refractivity contribution in [1.82, 2.24) is 5.32 Å². The minimum Gasteiger partial charge on any atom is -0.311 e. The van der Waals surface area contributed by atoms with Gasteiger partial charge in [0.15, 0.2) is 0 Å². The predicted molar refractivity (Wildman–Crippen MR) is 81.9 cm³/mol. The second kappa shape index (κ2) is 5.18. The summed E-state index contributed by atoms with van der Waals surface area (Å²) in [6.07, 6.45) is 6.87. The Balaban J connectivity index is 2.25. The van der Waals surface area contributed by atoms with Gasteiger partial charge in [-0.3, -0.25) is 0 Å². The summed E-state index contributed by atoms with van der Waals surface area (Å²) in [5.74, 6) is 0. The molecule has 2 rings (SSSR count). The Morgan fingerprint density at radius 3 is 2.33 bits per heavy atom. The number of halogens is 1. The third-order valence-electron chi connectivity index (χ3n) is 3.59. The lowest BCUT2D eigenvalue weighted by molar-refractivity contribution is 0.339. The van der Waals surface area contributed by atoms with Crippen LogP contribution >= 0.6 is 15.9 Å². The van der Waals surface area contributed by atoms with Gasteiger partial charge in [-0.1, -0.05) is 46.3 Å². The lowest BCUT2D eigenvalue weighted by Crippen LogP contribution is -2.45. The fraction of sp³-hybridized carbons (Fsp3) is 0.500. The van der Waals surface area contributed by atoms with Gasteiger partial charge in [-0.25, -0.2) is 0 Å². The van der Waals surface area contributed by atoms with Crippen LogP contribution in [0.2, 0.25) is 0 Å². The van der Waals surface area contributed by atoms with Crippen LogP contribution in [0, 0.1) is 0 Å². The average molecular weight is 308 g/mol. The van der Waals surface area contributed by atoms with Crippen LogP contribution in [0.15, 0.2) is 40.9 Å². The van der Waals surface area contributed by atoms with Crippen molar-refractivity contribution in [2.24, 2.45) is 0 Å². The summed E-state index contributed by atoms with van der Waals surface area (Å²) in [5, 5.41) is 3.67. The molecule has 0 atom stereocenters. The van der Waals surface area contributed by atoms with Gasteiger partial charge in [0.2, 0.25) is 0 Å². The molecule has 0 spiro atoms. The van der Waals surface area contributed by atoms with E-state index in [1.165, 1.54) is 10.0 Å². The van der Waals surface area contributed by atoms with Gasteiger partial charge in [0.25, 0.3) is 0 Å². The van der Waals surface area contributed by atoms with E-state index in [9.17, 15) is 0 Å². The molecule has 1 aromatic carbocycles. The zero-order valence-corrected chi connectivity index (χ0v) is 13.0. The van der Waals surface area contributed by atoms with Crippen molar-refractivity contribution >= 4 is 15.9 Å². The zero-order valence-electron chi connectivity index (χ0n) is 11.5. The van der Waals surface area contributed by atoms with Crippen molar-refractivity contribution in [2.45, 2.75) is 44.6 Å². The number of hydrogen-bond donors (Lipinski definition) is 1. The highest BCUT2D eigenvalue weighted by Crippen LogP contribution is 2.40. The molecule has 2 heteroatoms.